The molecular weight excluding hydrogens is 909 g/mol. The predicted molar refractivity (Wildman–Crippen MR) is 238 cm³/mol. The van der Waals surface area contributed by atoms with Crippen LogP contribution in [0.2, 0.25) is 0 Å². The third-order valence-electron chi connectivity index (χ3n) is 14.3. The molecule has 0 aromatic heterocycles. The van der Waals surface area contributed by atoms with E-state index in [9.17, 15) is 58.8 Å². The van der Waals surface area contributed by atoms with Crippen LogP contribution < -0.4 is 0 Å². The summed E-state index contributed by atoms with van der Waals surface area (Å²) in [6.07, 6.45) is 4.34. The fraction of sp³-hybridized carbons (Fsp3) is 0.837. The van der Waals surface area contributed by atoms with Crippen molar-refractivity contribution in [2.45, 2.75) is 105 Å². The van der Waals surface area contributed by atoms with Gasteiger partial charge in [-0.15, -0.1) is 0 Å². The van der Waals surface area contributed by atoms with E-state index in [-0.39, 0.29) is 101 Å². The maximum absolute atomic E-state index is 14.2. The number of hydrogen-bond acceptors (Lipinski definition) is 20. The zero-order valence-electron chi connectivity index (χ0n) is 40.7. The molecule has 0 radical (unpaired) electrons. The van der Waals surface area contributed by atoms with Crippen LogP contribution in [0, 0.1) is 76.4 Å². The highest BCUT2D eigenvalue weighted by Gasteiger charge is 2.48. The van der Waals surface area contributed by atoms with Crippen LogP contribution in [0.5, 0.6) is 0 Å². The minimum atomic E-state index is -1.87. The molecule has 20 heteroatoms. The third kappa shape index (κ3) is 16.9. The zero-order valence-corrected chi connectivity index (χ0v) is 40.7. The molecule has 0 amide bonds. The summed E-state index contributed by atoms with van der Waals surface area (Å²) in [6, 6.07) is 0. The van der Waals surface area contributed by atoms with E-state index in [0.717, 1.165) is 0 Å². The summed E-state index contributed by atoms with van der Waals surface area (Å²) in [7, 11) is 0. The standard InChI is InChI=1S/C49H76O20/c1-29-5-9-33(37(21-29)45(58)62-17-13-50)41(54)66-25-49(26-67-42(55)34-10-6-30(2)22-38(34)46(59)63-18-14-51,27-68-43(56)35-11-7-31(3)23-39(35)47(60)64-19-15-52)28-69-44(57)36-12-8-32(4)24-40(36)48(61)65-20-16-53/h29-40,50-53H,5-28H2,1-4H3/t29-,30-,31-,32-,33+,34+,35+,36+,37+,38+,39+,40+/m1/s1. The number of ether oxygens (including phenoxy) is 8. The van der Waals surface area contributed by atoms with E-state index < -0.39 is 153 Å². The van der Waals surface area contributed by atoms with Gasteiger partial charge >= 0.3 is 47.8 Å². The van der Waals surface area contributed by atoms with E-state index in [4.69, 9.17) is 37.9 Å². The first-order chi connectivity index (χ1) is 33.0. The summed E-state index contributed by atoms with van der Waals surface area (Å²) < 4.78 is 44.9. The Morgan fingerprint density at radius 3 is 0.696 bits per heavy atom. The first kappa shape index (κ1) is 57.2. The molecule has 4 fully saturated rings. The second-order valence-corrected chi connectivity index (χ2v) is 20.0. The van der Waals surface area contributed by atoms with Gasteiger partial charge in [0.05, 0.1) is 73.8 Å². The lowest BCUT2D eigenvalue weighted by molar-refractivity contribution is -0.185. The summed E-state index contributed by atoms with van der Waals surface area (Å²) in [5.41, 5.74) is -1.87. The topological polar surface area (TPSA) is 291 Å². The van der Waals surface area contributed by atoms with E-state index in [0.29, 0.717) is 25.7 Å². The second kappa shape index (κ2) is 28.4. The zero-order chi connectivity index (χ0) is 50.7. The molecule has 0 bridgehead atoms. The summed E-state index contributed by atoms with van der Waals surface area (Å²) in [6.45, 7) is 2.03. The van der Waals surface area contributed by atoms with Gasteiger partial charge in [-0.05, 0) is 101 Å². The number of aliphatic hydroxyl groups excluding tert-OH is 4. The molecule has 12 atom stereocenters. The number of carbonyl (C=O) groups is 8. The van der Waals surface area contributed by atoms with Crippen molar-refractivity contribution in [1.82, 2.24) is 0 Å². The van der Waals surface area contributed by atoms with Crippen molar-refractivity contribution >= 4 is 47.8 Å². The Balaban J connectivity index is 1.73. The Morgan fingerprint density at radius 1 is 0.319 bits per heavy atom. The number of carbonyl (C=O) groups excluding carboxylic acids is 8. The number of hydrogen-bond donors (Lipinski definition) is 4. The molecule has 0 aromatic carbocycles. The molecular formula is C49H76O20. The Labute approximate surface area is 404 Å². The molecule has 4 aliphatic carbocycles. The molecule has 4 rings (SSSR count). The Hall–Kier alpha value is -4.40. The minimum Gasteiger partial charge on any atom is -0.464 e. The van der Waals surface area contributed by atoms with Gasteiger partial charge in [-0.1, -0.05) is 27.7 Å². The van der Waals surface area contributed by atoms with Crippen molar-refractivity contribution in [3.05, 3.63) is 0 Å². The summed E-state index contributed by atoms with van der Waals surface area (Å²) in [4.78, 5) is 110. The van der Waals surface area contributed by atoms with Crippen molar-refractivity contribution in [3.63, 3.8) is 0 Å². The van der Waals surface area contributed by atoms with Gasteiger partial charge in [-0.3, -0.25) is 38.4 Å². The van der Waals surface area contributed by atoms with Crippen LogP contribution in [-0.4, -0.2) is 147 Å². The van der Waals surface area contributed by atoms with E-state index in [1.807, 2.05) is 27.7 Å². The molecule has 20 nitrogen and oxygen atoms in total. The van der Waals surface area contributed by atoms with Gasteiger partial charge in [-0.2, -0.15) is 0 Å². The maximum atomic E-state index is 14.2. The second-order valence-electron chi connectivity index (χ2n) is 20.0. The summed E-state index contributed by atoms with van der Waals surface area (Å²) >= 11 is 0. The van der Waals surface area contributed by atoms with Crippen molar-refractivity contribution in [3.8, 4) is 0 Å². The molecule has 4 N–H and O–H groups in total. The first-order valence-electron chi connectivity index (χ1n) is 24.7. The van der Waals surface area contributed by atoms with Crippen LogP contribution >= 0.6 is 0 Å². The third-order valence-corrected chi connectivity index (χ3v) is 14.3. The fourth-order valence-electron chi connectivity index (χ4n) is 10.3. The van der Waals surface area contributed by atoms with E-state index in [1.165, 1.54) is 0 Å². The quantitative estimate of drug-likeness (QED) is 0.0798. The van der Waals surface area contributed by atoms with Gasteiger partial charge in [0.25, 0.3) is 0 Å². The normalized spacial score (nSPS) is 29.3. The van der Waals surface area contributed by atoms with E-state index in [2.05, 4.69) is 0 Å². The summed E-state index contributed by atoms with van der Waals surface area (Å²) in [5, 5.41) is 37.3. The molecule has 4 saturated carbocycles. The van der Waals surface area contributed by atoms with Gasteiger partial charge in [0.15, 0.2) is 0 Å². The van der Waals surface area contributed by atoms with Gasteiger partial charge in [0, 0.05) is 0 Å². The van der Waals surface area contributed by atoms with Crippen LogP contribution in [0.4, 0.5) is 0 Å². The highest BCUT2D eigenvalue weighted by Crippen LogP contribution is 2.40. The van der Waals surface area contributed by atoms with Crippen LogP contribution in [0.25, 0.3) is 0 Å². The SMILES string of the molecule is C[C@@H]1CC[C@H](C(=O)OCC(COC(=O)[C@H]2CC[C@@H](C)C[C@@H]2C(=O)OCCO)(COC(=O)[C@H]2CC[C@@H](C)C[C@@H]2C(=O)OCCO)COC(=O)[C@H]2CC[C@@H](C)C[C@@H]2C(=O)OCCO)[C@@H](C(=O)OCCO)C1. The number of aliphatic hydroxyl groups is 4. The minimum absolute atomic E-state index is 0.0469. The average molecular weight is 985 g/mol. The molecule has 0 unspecified atom stereocenters. The number of esters is 8. The molecule has 0 heterocycles. The lowest BCUT2D eigenvalue weighted by Crippen LogP contribution is -2.48. The van der Waals surface area contributed by atoms with Crippen LogP contribution in [-0.2, 0) is 76.3 Å². The molecule has 392 valence electrons. The largest absolute Gasteiger partial charge is 0.464 e. The molecule has 4 aliphatic rings. The smallest absolute Gasteiger partial charge is 0.309 e. The lowest BCUT2D eigenvalue weighted by atomic mass is 9.74. The fourth-order valence-corrected chi connectivity index (χ4v) is 10.3. The van der Waals surface area contributed by atoms with Gasteiger partial charge in [-0.25, -0.2) is 0 Å². The van der Waals surface area contributed by atoms with Gasteiger partial charge in [0.2, 0.25) is 0 Å². The van der Waals surface area contributed by atoms with Crippen molar-refractivity contribution < 1.29 is 96.7 Å². The predicted octanol–water partition coefficient (Wildman–Crippen LogP) is 2.50. The maximum Gasteiger partial charge on any atom is 0.309 e. The van der Waals surface area contributed by atoms with Gasteiger partial charge < -0.3 is 58.3 Å². The van der Waals surface area contributed by atoms with E-state index >= 15 is 0 Å². The monoisotopic (exact) mass is 984 g/mol. The van der Waals surface area contributed by atoms with Crippen molar-refractivity contribution in [2.24, 2.45) is 76.4 Å². The molecule has 0 saturated heterocycles. The Bertz CT molecular complexity index is 1470. The highest BCUT2D eigenvalue weighted by atomic mass is 16.6. The van der Waals surface area contributed by atoms with Crippen LogP contribution in [0.3, 0.4) is 0 Å². The van der Waals surface area contributed by atoms with Gasteiger partial charge in [0.1, 0.15) is 58.3 Å². The molecule has 0 aromatic rings. The number of rotatable bonds is 24. The van der Waals surface area contributed by atoms with Crippen LogP contribution in [0.15, 0.2) is 0 Å². The van der Waals surface area contributed by atoms with E-state index in [1.54, 1.807) is 0 Å². The molecule has 0 aliphatic heterocycles. The van der Waals surface area contributed by atoms with Crippen molar-refractivity contribution in [2.75, 3.05) is 79.3 Å². The highest BCUT2D eigenvalue weighted by molar-refractivity contribution is 5.85. The first-order valence-corrected chi connectivity index (χ1v) is 24.7. The average Bonchev–Trinajstić information content (AvgIpc) is 3.34. The molecule has 69 heavy (non-hydrogen) atoms. The summed E-state index contributed by atoms with van der Waals surface area (Å²) in [5.74, 6) is -13.7. The Kier molecular flexibility index (Phi) is 23.6. The Morgan fingerprint density at radius 2 is 0.507 bits per heavy atom. The van der Waals surface area contributed by atoms with Crippen LogP contribution in [0.1, 0.15) is 105 Å². The molecule has 0 spiro atoms. The van der Waals surface area contributed by atoms with Crippen molar-refractivity contribution in [1.29, 1.82) is 0 Å². The lowest BCUT2D eigenvalue weighted by Gasteiger charge is -2.37.